The van der Waals surface area contributed by atoms with Crippen molar-refractivity contribution < 1.29 is 43.4 Å². The molecular weight excluding hydrogens is 376 g/mol. The van der Waals surface area contributed by atoms with Crippen molar-refractivity contribution in [1.29, 1.82) is 0 Å². The van der Waals surface area contributed by atoms with Gasteiger partial charge in [0.25, 0.3) is 0 Å². The van der Waals surface area contributed by atoms with Crippen LogP contribution in [0.25, 0.3) is 0 Å². The molecule has 20 heavy (non-hydrogen) atoms. The van der Waals surface area contributed by atoms with Gasteiger partial charge < -0.3 is 66.5 Å². The minimum Gasteiger partial charge on any atom is -0.748 e. The molecule has 0 aromatic heterocycles. The molecule has 0 aliphatic rings. The average molecular weight is 388 g/mol. The molecule has 0 saturated carbocycles. The van der Waals surface area contributed by atoms with Crippen LogP contribution >= 0.6 is 24.4 Å². The molecule has 0 bridgehead atoms. The van der Waals surface area contributed by atoms with Gasteiger partial charge in [-0.2, -0.15) is 18.2 Å². The summed E-state index contributed by atoms with van der Waals surface area (Å²) >= 11 is 7.17. The van der Waals surface area contributed by atoms with Crippen molar-refractivity contribution in [2.45, 2.75) is 0 Å². The Labute approximate surface area is 153 Å². The van der Waals surface area contributed by atoms with E-state index >= 15 is 0 Å². The van der Waals surface area contributed by atoms with Crippen molar-refractivity contribution in [2.24, 2.45) is 0 Å². The molecule has 2 aromatic rings. The standard InChI is InChI=1S/2C5H5.2CO.2CHS.2Fe/c2*1-2-4-5-3-1;4*1-2;;/h2*1-5H;;;2*1H;;/q-5;-1;;;2*-1;;+5. The maximum absolute atomic E-state index is 7.50. The van der Waals surface area contributed by atoms with Crippen LogP contribution in [-0.4, -0.2) is 11.7 Å². The molecule has 2 nitrogen and oxygen atoms in total. The van der Waals surface area contributed by atoms with Crippen molar-refractivity contribution in [1.82, 2.24) is 0 Å². The quantitative estimate of drug-likeness (QED) is 0.299. The van der Waals surface area contributed by atoms with E-state index in [2.05, 4.69) is 49.5 Å². The van der Waals surface area contributed by atoms with Crippen LogP contribution in [0.4, 0.5) is 0 Å². The number of thiocarbonyl (C=S) groups is 2. The largest absolute Gasteiger partial charge is 5.00 e. The van der Waals surface area contributed by atoms with E-state index in [4.69, 9.17) is 9.30 Å². The molecule has 0 spiro atoms. The third kappa shape index (κ3) is 53.0. The molecule has 0 aliphatic heterocycles. The van der Waals surface area contributed by atoms with Gasteiger partial charge in [-0.3, -0.25) is 0 Å². The maximum Gasteiger partial charge on any atom is 5.00 e. The van der Waals surface area contributed by atoms with Gasteiger partial charge in [0.05, 0.1) is 0 Å². The first-order valence-electron chi connectivity index (χ1n) is 4.21. The zero-order valence-electron chi connectivity index (χ0n) is 10.3. The van der Waals surface area contributed by atoms with Crippen LogP contribution in [0, 0.1) is 13.3 Å². The van der Waals surface area contributed by atoms with Gasteiger partial charge in [-0.1, -0.05) is 0 Å². The zero-order valence-corrected chi connectivity index (χ0v) is 14.1. The molecule has 1 radical (unpaired) electrons. The van der Waals surface area contributed by atoms with Crippen LogP contribution in [0.3, 0.4) is 0 Å². The summed E-state index contributed by atoms with van der Waals surface area (Å²) in [6.07, 6.45) is 0. The molecule has 0 saturated heterocycles. The van der Waals surface area contributed by atoms with Crippen molar-refractivity contribution >= 4 is 36.2 Å². The predicted octanol–water partition coefficient (Wildman–Crippen LogP) is 3.72. The van der Waals surface area contributed by atoms with Gasteiger partial charge in [0, 0.05) is 17.1 Å². The molecule has 0 fully saturated rings. The van der Waals surface area contributed by atoms with Crippen LogP contribution in [0.1, 0.15) is 0 Å². The van der Waals surface area contributed by atoms with Crippen molar-refractivity contribution in [3.05, 3.63) is 74.0 Å². The molecule has 6 heteroatoms. The minimum atomic E-state index is 0. The monoisotopic (exact) mass is 388 g/mol. The molecule has 0 atom stereocenters. The maximum atomic E-state index is 7.50. The Hall–Kier alpha value is -0.601. The summed E-state index contributed by atoms with van der Waals surface area (Å²) in [7, 11) is 0. The summed E-state index contributed by atoms with van der Waals surface area (Å²) in [4.78, 5) is 0. The minimum absolute atomic E-state index is 0. The molecule has 111 valence electrons. The fourth-order valence-corrected chi connectivity index (χ4v) is 0.642. The topological polar surface area (TPSA) is 39.8 Å². The second-order valence-corrected chi connectivity index (χ2v) is 1.92. The van der Waals surface area contributed by atoms with Gasteiger partial charge in [0.1, 0.15) is 0 Å². The van der Waals surface area contributed by atoms with Gasteiger partial charge in [-0.25, -0.2) is 12.1 Å². The number of rotatable bonds is 0. The van der Waals surface area contributed by atoms with Crippen LogP contribution in [0.5, 0.6) is 0 Å². The third-order valence-corrected chi connectivity index (χ3v) is 1.11. The first-order chi connectivity index (χ1) is 9.00. The summed E-state index contributed by atoms with van der Waals surface area (Å²) in [5.41, 5.74) is 0. The Balaban J connectivity index is -0.0000000311. The van der Waals surface area contributed by atoms with Crippen molar-refractivity contribution in [2.75, 3.05) is 0 Å². The van der Waals surface area contributed by atoms with E-state index in [1.165, 1.54) is 0 Å². The first kappa shape index (κ1) is 36.6. The third-order valence-electron chi connectivity index (χ3n) is 1.11. The summed E-state index contributed by atoms with van der Waals surface area (Å²) < 4.78 is 15.0. The van der Waals surface area contributed by atoms with Gasteiger partial charge in [0.15, 0.2) is 0 Å². The van der Waals surface area contributed by atoms with E-state index in [0.29, 0.717) is 0 Å². The average Bonchev–Trinajstić information content (AvgIpc) is 3.25. The molecule has 0 unspecified atom stereocenters. The van der Waals surface area contributed by atoms with Gasteiger partial charge in [-0.15, -0.1) is 0 Å². The van der Waals surface area contributed by atoms with Crippen molar-refractivity contribution in [3.8, 4) is 0 Å². The number of hydrogen-bond donors (Lipinski definition) is 0. The summed E-state index contributed by atoms with van der Waals surface area (Å²) in [6, 6.07) is 20.0. The Morgan fingerprint density at radius 2 is 0.900 bits per heavy atom. The number of hydrogen-bond acceptors (Lipinski definition) is 2. The summed E-state index contributed by atoms with van der Waals surface area (Å²) in [6.45, 7) is 9.00. The molecule has 0 aliphatic carbocycles. The molecule has 0 amide bonds. The van der Waals surface area contributed by atoms with E-state index in [9.17, 15) is 0 Å². The van der Waals surface area contributed by atoms with Crippen LogP contribution in [0.15, 0.2) is 60.7 Å². The van der Waals surface area contributed by atoms with E-state index in [1.807, 2.05) is 60.7 Å². The van der Waals surface area contributed by atoms with Gasteiger partial charge in [-0.05, 0) is 0 Å². The van der Waals surface area contributed by atoms with Gasteiger partial charge in [0.2, 0.25) is 0 Å². The molecule has 0 heterocycles. The fourth-order valence-electron chi connectivity index (χ4n) is 0.642. The first-order valence-corrected chi connectivity index (χ1v) is 5.16. The fraction of sp³-hybridized carbons (Fsp3) is 0. The second-order valence-electron chi connectivity index (χ2n) is 1.92. The van der Waals surface area contributed by atoms with E-state index in [1.54, 1.807) is 0 Å². The Morgan fingerprint density at radius 3 is 1.00 bits per heavy atom. The van der Waals surface area contributed by atoms with Crippen LogP contribution in [0.2, 0.25) is 0 Å². The molecule has 2 aromatic carbocycles. The molecule has 2 rings (SSSR count). The molecular formula is C14H12Fe2O2S2-3. The second kappa shape index (κ2) is 63.0. The Kier molecular flexibility index (Phi) is 115. The Bertz CT molecular complexity index is 251. The smallest absolute Gasteiger partial charge is 0.748 e. The Morgan fingerprint density at radius 1 is 0.700 bits per heavy atom. The summed E-state index contributed by atoms with van der Waals surface area (Å²) in [5.74, 6) is 8.17. The van der Waals surface area contributed by atoms with E-state index < -0.39 is 0 Å². The van der Waals surface area contributed by atoms with E-state index in [-0.39, 0.29) is 34.1 Å². The predicted molar refractivity (Wildman–Crippen MR) is 79.2 cm³/mol. The molecule has 0 N–H and O–H groups in total. The SMILES string of the molecule is [C-]#[O+].[C-]#[O+].[CH-]=S.[CH-]=S.[Fe+5].[Fe].[cH-]1[cH-][cH-][cH-][cH-]1.c1cc[cH-]c1. The zero-order chi connectivity index (χ0) is 15.1. The summed E-state index contributed by atoms with van der Waals surface area (Å²) in [5, 5.41) is 0. The van der Waals surface area contributed by atoms with E-state index in [0.717, 1.165) is 0 Å². The van der Waals surface area contributed by atoms with Crippen LogP contribution in [-0.2, 0) is 43.4 Å². The van der Waals surface area contributed by atoms with Gasteiger partial charge >= 0.3 is 39.7 Å². The normalized spacial score (nSPS) is 4.60. The van der Waals surface area contributed by atoms with Crippen molar-refractivity contribution in [3.63, 3.8) is 0 Å². The van der Waals surface area contributed by atoms with Crippen LogP contribution < -0.4 is 0 Å².